The molecule has 0 aromatic carbocycles. The van der Waals surface area contributed by atoms with E-state index in [0.29, 0.717) is 0 Å². The highest BCUT2D eigenvalue weighted by Crippen LogP contribution is 1.79. The van der Waals surface area contributed by atoms with E-state index < -0.39 is 11.9 Å². The molecule has 0 amide bonds. The summed E-state index contributed by atoms with van der Waals surface area (Å²) in [6.45, 7) is 3.70. The summed E-state index contributed by atoms with van der Waals surface area (Å²) in [5.74, 6) is -2.75. The van der Waals surface area contributed by atoms with Crippen LogP contribution in [0.1, 0.15) is 20.3 Å². The normalized spacial score (nSPS) is 10.9. The fourth-order valence-electron chi connectivity index (χ4n) is 0.322. The number of ether oxygens (including phenoxy) is 1. The average molecular weight is 207 g/mol. The first-order valence-electron chi connectivity index (χ1n) is 4.25. The highest BCUT2D eigenvalue weighted by Gasteiger charge is 2.09. The van der Waals surface area contributed by atoms with E-state index in [1.165, 1.54) is 0 Å². The minimum Gasteiger partial charge on any atom is -0.473 e. The number of nitrogens with two attached hydrogens (primary N) is 1. The van der Waals surface area contributed by atoms with Crippen molar-refractivity contribution < 1.29 is 24.5 Å². The number of esters is 1. The van der Waals surface area contributed by atoms with Crippen LogP contribution in [0, 0.1) is 0 Å². The van der Waals surface area contributed by atoms with E-state index in [4.69, 9.17) is 15.9 Å². The SMILES string of the molecule is CCC(N)CO.CCOC(=O)C(=O)O. The Morgan fingerprint density at radius 2 is 1.93 bits per heavy atom. The van der Waals surface area contributed by atoms with Gasteiger partial charge in [0.1, 0.15) is 0 Å². The molecule has 6 nitrogen and oxygen atoms in total. The van der Waals surface area contributed by atoms with Gasteiger partial charge in [0.15, 0.2) is 0 Å². The molecule has 0 aromatic heterocycles. The van der Waals surface area contributed by atoms with Crippen LogP contribution in [0.5, 0.6) is 0 Å². The van der Waals surface area contributed by atoms with Gasteiger partial charge in [-0.2, -0.15) is 0 Å². The maximum Gasteiger partial charge on any atom is 0.417 e. The summed E-state index contributed by atoms with van der Waals surface area (Å²) in [4.78, 5) is 19.5. The third-order valence-electron chi connectivity index (χ3n) is 1.21. The van der Waals surface area contributed by atoms with E-state index in [1.54, 1.807) is 6.92 Å². The van der Waals surface area contributed by atoms with Crippen LogP contribution in [0.15, 0.2) is 0 Å². The first-order valence-corrected chi connectivity index (χ1v) is 4.25. The van der Waals surface area contributed by atoms with Crippen molar-refractivity contribution in [3.8, 4) is 0 Å². The van der Waals surface area contributed by atoms with Gasteiger partial charge in [-0.3, -0.25) is 0 Å². The van der Waals surface area contributed by atoms with Crippen LogP contribution in [0.2, 0.25) is 0 Å². The summed E-state index contributed by atoms with van der Waals surface area (Å²) in [6.07, 6.45) is 0.858. The second-order valence-corrected chi connectivity index (χ2v) is 2.38. The Morgan fingerprint density at radius 3 is 2.00 bits per heavy atom. The lowest BCUT2D eigenvalue weighted by Crippen LogP contribution is -2.22. The van der Waals surface area contributed by atoms with E-state index in [2.05, 4.69) is 4.74 Å². The molecule has 0 bridgehead atoms. The van der Waals surface area contributed by atoms with Gasteiger partial charge in [-0.05, 0) is 13.3 Å². The maximum absolute atomic E-state index is 9.92. The first kappa shape index (κ1) is 15.3. The number of rotatable bonds is 3. The van der Waals surface area contributed by atoms with E-state index in [0.717, 1.165) is 6.42 Å². The van der Waals surface area contributed by atoms with Gasteiger partial charge in [0.25, 0.3) is 0 Å². The van der Waals surface area contributed by atoms with Gasteiger partial charge < -0.3 is 20.7 Å². The number of aliphatic carboxylic acids is 1. The van der Waals surface area contributed by atoms with Crippen molar-refractivity contribution >= 4 is 11.9 Å². The van der Waals surface area contributed by atoms with Crippen LogP contribution in [-0.4, -0.2) is 41.4 Å². The quantitative estimate of drug-likeness (QED) is 0.419. The van der Waals surface area contributed by atoms with Crippen molar-refractivity contribution in [3.05, 3.63) is 0 Å². The Balaban J connectivity index is 0. The fraction of sp³-hybridized carbons (Fsp3) is 0.750. The van der Waals surface area contributed by atoms with Gasteiger partial charge in [0.2, 0.25) is 0 Å². The van der Waals surface area contributed by atoms with Crippen LogP contribution in [-0.2, 0) is 14.3 Å². The average Bonchev–Trinajstić information content (AvgIpc) is 2.18. The van der Waals surface area contributed by atoms with Crippen molar-refractivity contribution in [1.29, 1.82) is 0 Å². The van der Waals surface area contributed by atoms with Crippen LogP contribution < -0.4 is 5.73 Å². The number of carboxylic acids is 1. The molecule has 84 valence electrons. The second kappa shape index (κ2) is 9.94. The minimum atomic E-state index is -1.55. The molecule has 0 fully saturated rings. The molecule has 14 heavy (non-hydrogen) atoms. The summed E-state index contributed by atoms with van der Waals surface area (Å²) < 4.78 is 4.06. The van der Waals surface area contributed by atoms with E-state index in [-0.39, 0.29) is 19.3 Å². The van der Waals surface area contributed by atoms with E-state index in [1.807, 2.05) is 6.92 Å². The molecule has 1 unspecified atom stereocenters. The highest BCUT2D eigenvalue weighted by molar-refractivity contribution is 6.28. The molecule has 0 radical (unpaired) electrons. The third-order valence-corrected chi connectivity index (χ3v) is 1.21. The second-order valence-electron chi connectivity index (χ2n) is 2.38. The molecule has 0 aliphatic heterocycles. The molecule has 0 saturated heterocycles. The molecule has 0 spiro atoms. The van der Waals surface area contributed by atoms with Crippen LogP contribution in [0.3, 0.4) is 0 Å². The number of hydrogen-bond donors (Lipinski definition) is 3. The smallest absolute Gasteiger partial charge is 0.417 e. The lowest BCUT2D eigenvalue weighted by atomic mass is 10.3. The molecule has 0 rings (SSSR count). The van der Waals surface area contributed by atoms with Crippen LogP contribution in [0.4, 0.5) is 0 Å². The zero-order chi connectivity index (χ0) is 11.6. The monoisotopic (exact) mass is 207 g/mol. The van der Waals surface area contributed by atoms with Gasteiger partial charge >= 0.3 is 11.9 Å². The molecule has 0 saturated carbocycles. The molecule has 0 aliphatic carbocycles. The molecule has 0 aromatic rings. The summed E-state index contributed by atoms with van der Waals surface area (Å²) in [6, 6.07) is -0.00926. The largest absolute Gasteiger partial charge is 0.473 e. The maximum atomic E-state index is 9.92. The summed E-state index contributed by atoms with van der Waals surface area (Å²) in [5.41, 5.74) is 5.22. The highest BCUT2D eigenvalue weighted by atomic mass is 16.6. The van der Waals surface area contributed by atoms with Crippen molar-refractivity contribution in [3.63, 3.8) is 0 Å². The Kier molecular flexibility index (Phi) is 10.9. The van der Waals surface area contributed by atoms with Gasteiger partial charge in [-0.1, -0.05) is 6.92 Å². The predicted octanol–water partition coefficient (Wildman–Crippen LogP) is -0.650. The van der Waals surface area contributed by atoms with Crippen LogP contribution in [0.25, 0.3) is 0 Å². The van der Waals surface area contributed by atoms with Crippen molar-refractivity contribution in [1.82, 2.24) is 0 Å². The number of carbonyl (C=O) groups excluding carboxylic acids is 1. The van der Waals surface area contributed by atoms with E-state index in [9.17, 15) is 9.59 Å². The van der Waals surface area contributed by atoms with Gasteiger partial charge in [-0.25, -0.2) is 9.59 Å². The summed E-state index contributed by atoms with van der Waals surface area (Å²) >= 11 is 0. The number of aliphatic hydroxyl groups is 1. The molecule has 1 atom stereocenters. The third kappa shape index (κ3) is 10.9. The lowest BCUT2D eigenvalue weighted by Gasteiger charge is -1.98. The topological polar surface area (TPSA) is 110 Å². The Morgan fingerprint density at radius 1 is 1.43 bits per heavy atom. The molecule has 4 N–H and O–H groups in total. The number of carbonyl (C=O) groups is 2. The van der Waals surface area contributed by atoms with Crippen molar-refractivity contribution in [2.75, 3.05) is 13.2 Å². The van der Waals surface area contributed by atoms with Gasteiger partial charge in [-0.15, -0.1) is 0 Å². The molecular formula is C8H17NO5. The van der Waals surface area contributed by atoms with Crippen molar-refractivity contribution in [2.24, 2.45) is 5.73 Å². The molecular weight excluding hydrogens is 190 g/mol. The lowest BCUT2D eigenvalue weighted by molar-refractivity contribution is -0.163. The van der Waals surface area contributed by atoms with E-state index >= 15 is 0 Å². The summed E-state index contributed by atoms with van der Waals surface area (Å²) in [5, 5.41) is 16.0. The number of carboxylic acid groups (broad SMARTS) is 1. The molecule has 0 heterocycles. The van der Waals surface area contributed by atoms with Gasteiger partial charge in [0.05, 0.1) is 13.2 Å². The Hall–Kier alpha value is -1.14. The zero-order valence-corrected chi connectivity index (χ0v) is 8.40. The zero-order valence-electron chi connectivity index (χ0n) is 8.40. The fourth-order valence-corrected chi connectivity index (χ4v) is 0.322. The van der Waals surface area contributed by atoms with Crippen LogP contribution >= 0.6 is 0 Å². The molecule has 6 heteroatoms. The number of aliphatic hydroxyl groups excluding tert-OH is 1. The van der Waals surface area contributed by atoms with Gasteiger partial charge in [0, 0.05) is 6.04 Å². The first-order chi connectivity index (χ1) is 6.49. The minimum absolute atomic E-state index is 0.00926. The standard InChI is InChI=1S/C4H11NO.C4H6O4/c1-2-4(5)3-6;1-2-8-4(7)3(5)6/h4,6H,2-3,5H2,1H3;2H2,1H3,(H,5,6). The predicted molar refractivity (Wildman–Crippen MR) is 49.6 cm³/mol. The van der Waals surface area contributed by atoms with Crippen molar-refractivity contribution in [2.45, 2.75) is 26.3 Å². The summed E-state index contributed by atoms with van der Waals surface area (Å²) in [7, 11) is 0. The Labute approximate surface area is 82.7 Å². The number of hydrogen-bond acceptors (Lipinski definition) is 5. The molecule has 0 aliphatic rings. The Bertz CT molecular complexity index is 167.